The van der Waals surface area contributed by atoms with E-state index in [2.05, 4.69) is 5.92 Å². The monoisotopic (exact) mass is 247 g/mol. The first-order chi connectivity index (χ1) is 8.60. The molecule has 18 heavy (non-hydrogen) atoms. The molecule has 1 N–H and O–H groups in total. The second kappa shape index (κ2) is 4.85. The fourth-order valence-electron chi connectivity index (χ4n) is 3.16. The van der Waals surface area contributed by atoms with E-state index in [1.165, 1.54) is 0 Å². The number of hydrogen-bond acceptors (Lipinski definition) is 2. The Hall–Kier alpha value is -1.76. The lowest BCUT2D eigenvalue weighted by Gasteiger charge is -2.29. The van der Waals surface area contributed by atoms with Gasteiger partial charge in [0.1, 0.15) is 0 Å². The molecular weight excluding hydrogens is 230 g/mol. The summed E-state index contributed by atoms with van der Waals surface area (Å²) in [5.74, 6) is 0.514. The molecule has 0 spiro atoms. The molecular formula is C14H17NO3. The van der Waals surface area contributed by atoms with E-state index in [1.807, 2.05) is 19.1 Å². The minimum absolute atomic E-state index is 0.00555. The average molecular weight is 247 g/mol. The van der Waals surface area contributed by atoms with E-state index in [1.54, 1.807) is 4.90 Å². The molecule has 0 aromatic rings. The summed E-state index contributed by atoms with van der Waals surface area (Å²) in [4.78, 5) is 25.3. The van der Waals surface area contributed by atoms with Crippen LogP contribution >= 0.6 is 0 Å². The summed E-state index contributed by atoms with van der Waals surface area (Å²) < 4.78 is 0. The van der Waals surface area contributed by atoms with Gasteiger partial charge in [0.05, 0.1) is 18.4 Å². The lowest BCUT2D eigenvalue weighted by Crippen LogP contribution is -2.43. The molecule has 2 bridgehead atoms. The van der Waals surface area contributed by atoms with Gasteiger partial charge < -0.3 is 10.0 Å². The van der Waals surface area contributed by atoms with E-state index in [0.29, 0.717) is 6.54 Å². The quantitative estimate of drug-likeness (QED) is 0.595. The van der Waals surface area contributed by atoms with E-state index in [0.717, 1.165) is 6.42 Å². The van der Waals surface area contributed by atoms with Crippen LogP contribution < -0.4 is 0 Å². The number of carbonyl (C=O) groups is 2. The van der Waals surface area contributed by atoms with E-state index in [-0.39, 0.29) is 24.3 Å². The van der Waals surface area contributed by atoms with Crippen molar-refractivity contribution in [1.82, 2.24) is 4.90 Å². The Morgan fingerprint density at radius 2 is 2.00 bits per heavy atom. The number of allylic oxidation sites excluding steroid dienone is 2. The van der Waals surface area contributed by atoms with E-state index in [4.69, 9.17) is 6.42 Å². The van der Waals surface area contributed by atoms with Crippen LogP contribution in [-0.2, 0) is 9.59 Å². The van der Waals surface area contributed by atoms with Crippen LogP contribution in [0.5, 0.6) is 0 Å². The number of rotatable bonds is 4. The maximum Gasteiger partial charge on any atom is 0.307 e. The second-order valence-corrected chi connectivity index (χ2v) is 4.89. The van der Waals surface area contributed by atoms with Gasteiger partial charge in [-0.05, 0) is 25.2 Å². The number of amides is 1. The Bertz CT molecular complexity index is 435. The van der Waals surface area contributed by atoms with E-state index < -0.39 is 17.8 Å². The van der Waals surface area contributed by atoms with Crippen LogP contribution in [0.4, 0.5) is 0 Å². The predicted octanol–water partition coefficient (Wildman–Crippen LogP) is 0.991. The highest BCUT2D eigenvalue weighted by Crippen LogP contribution is 2.48. The summed E-state index contributed by atoms with van der Waals surface area (Å²) in [6, 6.07) is 0. The maximum absolute atomic E-state index is 12.4. The van der Waals surface area contributed by atoms with Crippen LogP contribution in [0, 0.1) is 36.0 Å². The lowest BCUT2D eigenvalue weighted by atomic mass is 9.82. The number of carboxylic acid groups (broad SMARTS) is 1. The SMILES string of the molecule is C#CCN(CC)C(=O)C1C2C=CC(C2)C1C(=O)O. The molecule has 0 radical (unpaired) electrons. The number of hydrogen-bond donors (Lipinski definition) is 1. The summed E-state index contributed by atoms with van der Waals surface area (Å²) >= 11 is 0. The van der Waals surface area contributed by atoms with Gasteiger partial charge in [0.15, 0.2) is 0 Å². The number of fused-ring (bicyclic) bond motifs is 2. The van der Waals surface area contributed by atoms with Crippen LogP contribution in [0.1, 0.15) is 13.3 Å². The van der Waals surface area contributed by atoms with Gasteiger partial charge in [-0.2, -0.15) is 0 Å². The molecule has 2 rings (SSSR count). The molecule has 4 nitrogen and oxygen atoms in total. The second-order valence-electron chi connectivity index (χ2n) is 4.89. The van der Waals surface area contributed by atoms with Crippen molar-refractivity contribution in [3.63, 3.8) is 0 Å². The lowest BCUT2D eigenvalue weighted by molar-refractivity contribution is -0.150. The molecule has 4 heteroatoms. The van der Waals surface area contributed by atoms with Gasteiger partial charge in [-0.25, -0.2) is 0 Å². The molecule has 0 heterocycles. The van der Waals surface area contributed by atoms with Gasteiger partial charge in [0.2, 0.25) is 5.91 Å². The third-order valence-corrected chi connectivity index (χ3v) is 4.01. The fourth-order valence-corrected chi connectivity index (χ4v) is 3.16. The summed E-state index contributed by atoms with van der Waals surface area (Å²) in [5, 5.41) is 9.29. The minimum atomic E-state index is -0.873. The normalized spacial score (nSPS) is 32.2. The molecule has 2 aliphatic rings. The summed E-state index contributed by atoms with van der Waals surface area (Å²) in [6.45, 7) is 2.63. The Balaban J connectivity index is 2.21. The third-order valence-electron chi connectivity index (χ3n) is 4.01. The van der Waals surface area contributed by atoms with Crippen molar-refractivity contribution < 1.29 is 14.7 Å². The highest BCUT2D eigenvalue weighted by atomic mass is 16.4. The Kier molecular flexibility index (Phi) is 3.42. The highest BCUT2D eigenvalue weighted by Gasteiger charge is 2.52. The molecule has 0 aromatic carbocycles. The predicted molar refractivity (Wildman–Crippen MR) is 66.4 cm³/mol. The third kappa shape index (κ3) is 1.90. The number of carboxylic acids is 1. The molecule has 0 aliphatic heterocycles. The number of terminal acetylenes is 1. The zero-order chi connectivity index (χ0) is 13.3. The van der Waals surface area contributed by atoms with Gasteiger partial charge in [0, 0.05) is 6.54 Å². The van der Waals surface area contributed by atoms with Gasteiger partial charge in [-0.3, -0.25) is 9.59 Å². The molecule has 1 saturated carbocycles. The number of aliphatic carboxylic acids is 1. The van der Waals surface area contributed by atoms with Crippen molar-refractivity contribution in [1.29, 1.82) is 0 Å². The van der Waals surface area contributed by atoms with Gasteiger partial charge >= 0.3 is 5.97 Å². The van der Waals surface area contributed by atoms with Crippen molar-refractivity contribution in [3.05, 3.63) is 12.2 Å². The summed E-state index contributed by atoms with van der Waals surface area (Å²) in [7, 11) is 0. The molecule has 4 unspecified atom stereocenters. The zero-order valence-electron chi connectivity index (χ0n) is 10.4. The Morgan fingerprint density at radius 3 is 2.50 bits per heavy atom. The fraction of sp³-hybridized carbons (Fsp3) is 0.571. The Labute approximate surface area is 107 Å². The minimum Gasteiger partial charge on any atom is -0.481 e. The van der Waals surface area contributed by atoms with Crippen molar-refractivity contribution >= 4 is 11.9 Å². The first-order valence-corrected chi connectivity index (χ1v) is 6.23. The Morgan fingerprint density at radius 1 is 1.39 bits per heavy atom. The average Bonchev–Trinajstić information content (AvgIpc) is 2.94. The van der Waals surface area contributed by atoms with Crippen molar-refractivity contribution in [2.45, 2.75) is 13.3 Å². The van der Waals surface area contributed by atoms with E-state index >= 15 is 0 Å². The molecule has 1 fully saturated rings. The van der Waals surface area contributed by atoms with Crippen LogP contribution in [0.15, 0.2) is 12.2 Å². The smallest absolute Gasteiger partial charge is 0.307 e. The van der Waals surface area contributed by atoms with Crippen LogP contribution in [0.2, 0.25) is 0 Å². The zero-order valence-corrected chi connectivity index (χ0v) is 10.4. The van der Waals surface area contributed by atoms with Crippen LogP contribution in [0.25, 0.3) is 0 Å². The molecule has 4 atom stereocenters. The largest absolute Gasteiger partial charge is 0.481 e. The van der Waals surface area contributed by atoms with E-state index in [9.17, 15) is 14.7 Å². The van der Waals surface area contributed by atoms with Gasteiger partial charge in [-0.15, -0.1) is 6.42 Å². The van der Waals surface area contributed by atoms with Crippen LogP contribution in [-0.4, -0.2) is 35.0 Å². The van der Waals surface area contributed by atoms with Crippen molar-refractivity contribution in [2.75, 3.05) is 13.1 Å². The maximum atomic E-state index is 12.4. The first kappa shape index (κ1) is 12.7. The first-order valence-electron chi connectivity index (χ1n) is 6.23. The standard InChI is InChI=1S/C14H17NO3/c1-3-7-15(4-2)13(16)11-9-5-6-10(8-9)12(11)14(17)18/h1,5-6,9-12H,4,7-8H2,2H3,(H,17,18). The highest BCUT2D eigenvalue weighted by molar-refractivity contribution is 5.87. The summed E-state index contributed by atoms with van der Waals surface area (Å²) in [5.41, 5.74) is 0. The molecule has 1 amide bonds. The van der Waals surface area contributed by atoms with Crippen LogP contribution in [0.3, 0.4) is 0 Å². The molecule has 0 aromatic heterocycles. The molecule has 2 aliphatic carbocycles. The summed E-state index contributed by atoms with van der Waals surface area (Å²) in [6.07, 6.45) is 9.93. The van der Waals surface area contributed by atoms with Crippen molar-refractivity contribution in [2.24, 2.45) is 23.7 Å². The molecule has 96 valence electrons. The molecule has 0 saturated heterocycles. The topological polar surface area (TPSA) is 57.6 Å². The number of carbonyl (C=O) groups excluding carboxylic acids is 1. The van der Waals surface area contributed by atoms with Gasteiger partial charge in [0.25, 0.3) is 0 Å². The van der Waals surface area contributed by atoms with Crippen molar-refractivity contribution in [3.8, 4) is 12.3 Å². The van der Waals surface area contributed by atoms with Gasteiger partial charge in [-0.1, -0.05) is 18.1 Å². The number of nitrogens with zero attached hydrogens (tertiary/aromatic N) is 1.